The number of benzene rings is 1. The zero-order valence-corrected chi connectivity index (χ0v) is 12.0. The molecular weight excluding hydrogens is 256 g/mol. The van der Waals surface area contributed by atoms with Crippen molar-refractivity contribution in [3.8, 4) is 5.75 Å². The van der Waals surface area contributed by atoms with Gasteiger partial charge in [0.1, 0.15) is 11.3 Å². The molecule has 4 heteroatoms. The second kappa shape index (κ2) is 5.53. The fourth-order valence-corrected chi connectivity index (χ4v) is 1.83. The van der Waals surface area contributed by atoms with E-state index < -0.39 is 0 Å². The lowest BCUT2D eigenvalue weighted by atomic mass is 9.90. The summed E-state index contributed by atoms with van der Waals surface area (Å²) < 4.78 is 5.83. The predicted molar refractivity (Wildman–Crippen MR) is 82.4 cm³/mol. The lowest BCUT2D eigenvalue weighted by molar-refractivity contribution is 0.272. The molecule has 0 aliphatic carbocycles. The molecule has 0 unspecified atom stereocenters. The SMILES string of the molecule is CC(C)(CCOc1cccc2cccnc12)C(N)=S. The van der Waals surface area contributed by atoms with Crippen molar-refractivity contribution in [2.45, 2.75) is 20.3 Å². The van der Waals surface area contributed by atoms with Gasteiger partial charge in [-0.2, -0.15) is 0 Å². The molecule has 0 aliphatic heterocycles. The lowest BCUT2D eigenvalue weighted by Crippen LogP contribution is -2.31. The van der Waals surface area contributed by atoms with Crippen molar-refractivity contribution >= 4 is 28.1 Å². The Bertz CT molecular complexity index is 590. The number of pyridine rings is 1. The molecule has 1 heterocycles. The zero-order valence-electron chi connectivity index (χ0n) is 11.2. The maximum Gasteiger partial charge on any atom is 0.145 e. The average Bonchev–Trinajstić information content (AvgIpc) is 2.38. The Kier molecular flexibility index (Phi) is 4.00. The second-order valence-corrected chi connectivity index (χ2v) is 5.62. The highest BCUT2D eigenvalue weighted by Gasteiger charge is 2.21. The van der Waals surface area contributed by atoms with Crippen molar-refractivity contribution in [3.05, 3.63) is 36.5 Å². The molecule has 0 bridgehead atoms. The van der Waals surface area contributed by atoms with E-state index in [0.717, 1.165) is 23.1 Å². The summed E-state index contributed by atoms with van der Waals surface area (Å²) in [6, 6.07) is 9.87. The molecule has 1 aromatic carbocycles. The minimum Gasteiger partial charge on any atom is -0.491 e. The van der Waals surface area contributed by atoms with E-state index in [2.05, 4.69) is 4.98 Å². The van der Waals surface area contributed by atoms with Gasteiger partial charge in [0.25, 0.3) is 0 Å². The van der Waals surface area contributed by atoms with Gasteiger partial charge in [0.05, 0.1) is 11.6 Å². The van der Waals surface area contributed by atoms with Crippen molar-refractivity contribution in [1.82, 2.24) is 4.98 Å². The molecular formula is C15H18N2OS. The molecule has 2 aromatic rings. The highest BCUT2D eigenvalue weighted by molar-refractivity contribution is 7.80. The van der Waals surface area contributed by atoms with Crippen LogP contribution in [-0.4, -0.2) is 16.6 Å². The third kappa shape index (κ3) is 3.20. The molecule has 0 saturated heterocycles. The van der Waals surface area contributed by atoms with E-state index >= 15 is 0 Å². The topological polar surface area (TPSA) is 48.1 Å². The molecule has 0 radical (unpaired) electrons. The van der Waals surface area contributed by atoms with Gasteiger partial charge in [0.2, 0.25) is 0 Å². The number of thiocarbonyl (C=S) groups is 1. The monoisotopic (exact) mass is 274 g/mol. The van der Waals surface area contributed by atoms with Gasteiger partial charge in [-0.3, -0.25) is 4.98 Å². The fraction of sp³-hybridized carbons (Fsp3) is 0.333. The van der Waals surface area contributed by atoms with Gasteiger partial charge >= 0.3 is 0 Å². The normalized spacial score (nSPS) is 11.5. The minimum absolute atomic E-state index is 0.187. The zero-order chi connectivity index (χ0) is 13.9. The highest BCUT2D eigenvalue weighted by Crippen LogP contribution is 2.25. The molecule has 0 spiro atoms. The van der Waals surface area contributed by atoms with Gasteiger partial charge in [0.15, 0.2) is 0 Å². The fourth-order valence-electron chi connectivity index (χ4n) is 1.73. The Morgan fingerprint density at radius 1 is 1.32 bits per heavy atom. The quantitative estimate of drug-likeness (QED) is 0.850. The summed E-state index contributed by atoms with van der Waals surface area (Å²) in [4.78, 5) is 4.88. The molecule has 3 nitrogen and oxygen atoms in total. The van der Waals surface area contributed by atoms with Gasteiger partial charge in [0, 0.05) is 17.0 Å². The molecule has 2 N–H and O–H groups in total. The Labute approximate surface area is 118 Å². The van der Waals surface area contributed by atoms with Gasteiger partial charge < -0.3 is 10.5 Å². The van der Waals surface area contributed by atoms with Crippen LogP contribution >= 0.6 is 12.2 Å². The molecule has 100 valence electrons. The van der Waals surface area contributed by atoms with Gasteiger partial charge in [-0.1, -0.05) is 44.3 Å². The Morgan fingerprint density at radius 3 is 2.79 bits per heavy atom. The third-order valence-electron chi connectivity index (χ3n) is 3.25. The van der Waals surface area contributed by atoms with E-state index in [1.54, 1.807) is 6.20 Å². The lowest BCUT2D eigenvalue weighted by Gasteiger charge is -2.22. The molecule has 0 saturated carbocycles. The standard InChI is InChI=1S/C15H18N2OS/c1-15(2,14(16)19)8-10-18-12-7-3-5-11-6-4-9-17-13(11)12/h3-7,9H,8,10H2,1-2H3,(H2,16,19). The summed E-state index contributed by atoms with van der Waals surface area (Å²) in [5, 5.41) is 1.08. The number of aromatic nitrogens is 1. The van der Waals surface area contributed by atoms with Crippen molar-refractivity contribution < 1.29 is 4.74 Å². The van der Waals surface area contributed by atoms with Crippen molar-refractivity contribution in [3.63, 3.8) is 0 Å². The van der Waals surface area contributed by atoms with Crippen LogP contribution in [0.2, 0.25) is 0 Å². The summed E-state index contributed by atoms with van der Waals surface area (Å²) in [6.45, 7) is 4.63. The second-order valence-electron chi connectivity index (χ2n) is 5.18. The van der Waals surface area contributed by atoms with Crippen molar-refractivity contribution in [1.29, 1.82) is 0 Å². The summed E-state index contributed by atoms with van der Waals surface area (Å²) in [6.07, 6.45) is 2.56. The van der Waals surface area contributed by atoms with Crippen LogP contribution in [0.5, 0.6) is 5.75 Å². The highest BCUT2D eigenvalue weighted by atomic mass is 32.1. The van der Waals surface area contributed by atoms with Crippen LogP contribution in [0.3, 0.4) is 0 Å². The van der Waals surface area contributed by atoms with Crippen LogP contribution < -0.4 is 10.5 Å². The number of rotatable bonds is 5. The number of fused-ring (bicyclic) bond motifs is 1. The maximum absolute atomic E-state index is 5.83. The molecule has 0 atom stereocenters. The molecule has 2 rings (SSSR count). The van der Waals surface area contributed by atoms with E-state index in [0.29, 0.717) is 11.6 Å². The first-order chi connectivity index (χ1) is 9.00. The molecule has 0 aliphatic rings. The summed E-state index contributed by atoms with van der Waals surface area (Å²) in [5.74, 6) is 0.803. The Balaban J connectivity index is 2.09. The smallest absolute Gasteiger partial charge is 0.145 e. The Hall–Kier alpha value is -1.68. The van der Waals surface area contributed by atoms with E-state index in [1.165, 1.54) is 0 Å². The maximum atomic E-state index is 5.83. The van der Waals surface area contributed by atoms with E-state index in [4.69, 9.17) is 22.7 Å². The van der Waals surface area contributed by atoms with Gasteiger partial charge in [-0.15, -0.1) is 0 Å². The van der Waals surface area contributed by atoms with E-state index in [9.17, 15) is 0 Å². The Morgan fingerprint density at radius 2 is 2.05 bits per heavy atom. The average molecular weight is 274 g/mol. The number of nitrogens with zero attached hydrogens (tertiary/aromatic N) is 1. The first-order valence-corrected chi connectivity index (χ1v) is 6.68. The molecule has 1 aromatic heterocycles. The predicted octanol–water partition coefficient (Wildman–Crippen LogP) is 3.32. The van der Waals surface area contributed by atoms with Crippen LogP contribution in [0.1, 0.15) is 20.3 Å². The molecule has 0 fully saturated rings. The number of nitrogens with two attached hydrogens (primary N) is 1. The summed E-state index contributed by atoms with van der Waals surface area (Å²) >= 11 is 5.05. The van der Waals surface area contributed by atoms with Crippen LogP contribution in [0.15, 0.2) is 36.5 Å². The number of hydrogen-bond donors (Lipinski definition) is 1. The van der Waals surface area contributed by atoms with E-state index in [1.807, 2.05) is 44.2 Å². The number of hydrogen-bond acceptors (Lipinski definition) is 3. The number of ether oxygens (including phenoxy) is 1. The first-order valence-electron chi connectivity index (χ1n) is 6.27. The summed E-state index contributed by atoms with van der Waals surface area (Å²) in [5.41, 5.74) is 6.40. The third-order valence-corrected chi connectivity index (χ3v) is 3.80. The van der Waals surface area contributed by atoms with Crippen LogP contribution in [-0.2, 0) is 0 Å². The minimum atomic E-state index is -0.187. The van der Waals surface area contributed by atoms with Crippen LogP contribution in [0.4, 0.5) is 0 Å². The van der Waals surface area contributed by atoms with E-state index in [-0.39, 0.29) is 5.41 Å². The molecule has 19 heavy (non-hydrogen) atoms. The van der Waals surface area contributed by atoms with Crippen LogP contribution in [0, 0.1) is 5.41 Å². The first kappa shape index (κ1) is 13.7. The summed E-state index contributed by atoms with van der Waals surface area (Å²) in [7, 11) is 0. The largest absolute Gasteiger partial charge is 0.491 e. The van der Waals surface area contributed by atoms with Crippen molar-refractivity contribution in [2.75, 3.05) is 6.61 Å². The van der Waals surface area contributed by atoms with Crippen LogP contribution in [0.25, 0.3) is 10.9 Å². The van der Waals surface area contributed by atoms with Gasteiger partial charge in [-0.05, 0) is 18.6 Å². The number of para-hydroxylation sites is 1. The van der Waals surface area contributed by atoms with Crippen molar-refractivity contribution in [2.24, 2.45) is 11.1 Å². The molecule has 0 amide bonds. The van der Waals surface area contributed by atoms with Gasteiger partial charge in [-0.25, -0.2) is 0 Å².